The molecule has 1 fully saturated rings. The molecular weight excluding hydrogens is 340 g/mol. The quantitative estimate of drug-likeness (QED) is 0.730. The Morgan fingerprint density at radius 1 is 1.19 bits per heavy atom. The summed E-state index contributed by atoms with van der Waals surface area (Å²) in [5.74, 6) is -0.201. The number of morpholine rings is 1. The normalized spacial score (nSPS) is 15.1. The minimum absolute atomic E-state index is 0.201. The maximum atomic E-state index is 12.6. The molecule has 0 spiro atoms. The fourth-order valence-electron chi connectivity index (χ4n) is 3.36. The number of fused-ring (bicyclic) bond motifs is 1. The van der Waals surface area contributed by atoms with Gasteiger partial charge in [0.15, 0.2) is 5.69 Å². The van der Waals surface area contributed by atoms with Crippen LogP contribution in [0.5, 0.6) is 0 Å². The number of hydrogen-bond acceptors (Lipinski definition) is 4. The second-order valence-corrected chi connectivity index (χ2v) is 6.98. The number of aromatic amines is 1. The van der Waals surface area contributed by atoms with Crippen LogP contribution in [0.15, 0.2) is 42.5 Å². The van der Waals surface area contributed by atoms with Gasteiger partial charge in [-0.2, -0.15) is 5.10 Å². The molecule has 27 heavy (non-hydrogen) atoms. The van der Waals surface area contributed by atoms with E-state index in [0.717, 1.165) is 61.4 Å². The number of carbonyl (C=O) groups is 1. The summed E-state index contributed by atoms with van der Waals surface area (Å²) in [5.41, 5.74) is 4.43. The van der Waals surface area contributed by atoms with Crippen molar-refractivity contribution in [3.05, 3.63) is 59.3 Å². The first kappa shape index (κ1) is 17.7. The number of ether oxygens (including phenoxy) is 1. The third kappa shape index (κ3) is 4.18. The lowest BCUT2D eigenvalue weighted by atomic mass is 10.1. The van der Waals surface area contributed by atoms with Crippen molar-refractivity contribution in [3.63, 3.8) is 0 Å². The predicted molar refractivity (Wildman–Crippen MR) is 106 cm³/mol. The van der Waals surface area contributed by atoms with Crippen molar-refractivity contribution in [1.82, 2.24) is 15.1 Å². The molecule has 4 rings (SSSR count). The number of aromatic nitrogens is 2. The highest BCUT2D eigenvalue weighted by molar-refractivity contribution is 6.11. The summed E-state index contributed by atoms with van der Waals surface area (Å²) in [6.07, 6.45) is 0.998. The van der Waals surface area contributed by atoms with E-state index in [2.05, 4.69) is 32.5 Å². The van der Waals surface area contributed by atoms with E-state index in [1.54, 1.807) is 0 Å². The summed E-state index contributed by atoms with van der Waals surface area (Å²) in [7, 11) is 0. The molecule has 2 heterocycles. The summed E-state index contributed by atoms with van der Waals surface area (Å²) in [6, 6.07) is 14.0. The number of anilines is 1. The highest BCUT2D eigenvalue weighted by Crippen LogP contribution is 2.19. The van der Waals surface area contributed by atoms with Crippen molar-refractivity contribution >= 4 is 22.5 Å². The molecule has 6 nitrogen and oxygen atoms in total. The summed E-state index contributed by atoms with van der Waals surface area (Å²) in [6.45, 7) is 6.70. The highest BCUT2D eigenvalue weighted by atomic mass is 16.5. The standard InChI is InChI=1S/C21H24N4O2/c1-15-2-7-19-18(14-15)20(24-23-19)21(26)22-17-5-3-16(4-6-17)8-9-25-10-12-27-13-11-25/h2-7,14H,8-13H2,1H3,(H,22,26)(H,23,24). The number of rotatable bonds is 5. The lowest BCUT2D eigenvalue weighted by Gasteiger charge is -2.26. The van der Waals surface area contributed by atoms with E-state index in [4.69, 9.17) is 4.74 Å². The number of H-pyrrole nitrogens is 1. The number of carbonyl (C=O) groups excluding carboxylic acids is 1. The average molecular weight is 364 g/mol. The molecule has 1 amide bonds. The molecule has 1 aliphatic rings. The molecule has 0 saturated carbocycles. The Bertz CT molecular complexity index is 927. The predicted octanol–water partition coefficient (Wildman–Crippen LogP) is 3.00. The van der Waals surface area contributed by atoms with Crippen molar-refractivity contribution in [2.75, 3.05) is 38.2 Å². The van der Waals surface area contributed by atoms with E-state index in [1.807, 2.05) is 37.3 Å². The van der Waals surface area contributed by atoms with Crippen LogP contribution in [0.25, 0.3) is 10.9 Å². The lowest BCUT2D eigenvalue weighted by molar-refractivity contribution is 0.0384. The molecule has 1 saturated heterocycles. The van der Waals surface area contributed by atoms with E-state index < -0.39 is 0 Å². The molecule has 0 radical (unpaired) electrons. The zero-order valence-electron chi connectivity index (χ0n) is 15.5. The van der Waals surface area contributed by atoms with Gasteiger partial charge in [-0.3, -0.25) is 14.8 Å². The average Bonchev–Trinajstić information content (AvgIpc) is 3.11. The maximum absolute atomic E-state index is 12.6. The van der Waals surface area contributed by atoms with Gasteiger partial charge in [-0.15, -0.1) is 0 Å². The molecule has 0 unspecified atom stereocenters. The van der Waals surface area contributed by atoms with Gasteiger partial charge in [-0.05, 0) is 43.2 Å². The van der Waals surface area contributed by atoms with Gasteiger partial charge in [0.25, 0.3) is 5.91 Å². The van der Waals surface area contributed by atoms with E-state index in [0.29, 0.717) is 5.69 Å². The largest absolute Gasteiger partial charge is 0.379 e. The first-order valence-corrected chi connectivity index (χ1v) is 9.34. The fraction of sp³-hybridized carbons (Fsp3) is 0.333. The number of benzene rings is 2. The van der Waals surface area contributed by atoms with Gasteiger partial charge in [0.05, 0.1) is 18.7 Å². The molecule has 2 N–H and O–H groups in total. The Morgan fingerprint density at radius 3 is 2.74 bits per heavy atom. The zero-order valence-corrected chi connectivity index (χ0v) is 15.5. The number of aryl methyl sites for hydroxylation is 1. The maximum Gasteiger partial charge on any atom is 0.276 e. The van der Waals surface area contributed by atoms with Crippen molar-refractivity contribution in [3.8, 4) is 0 Å². The van der Waals surface area contributed by atoms with Gasteiger partial charge in [0, 0.05) is 30.7 Å². The summed E-state index contributed by atoms with van der Waals surface area (Å²) in [4.78, 5) is 15.0. The highest BCUT2D eigenvalue weighted by Gasteiger charge is 2.14. The van der Waals surface area contributed by atoms with Gasteiger partial charge in [0.1, 0.15) is 0 Å². The van der Waals surface area contributed by atoms with Crippen LogP contribution in [-0.2, 0) is 11.2 Å². The van der Waals surface area contributed by atoms with Crippen LogP contribution in [0.3, 0.4) is 0 Å². The molecule has 0 aliphatic carbocycles. The van der Waals surface area contributed by atoms with Crippen molar-refractivity contribution in [1.29, 1.82) is 0 Å². The van der Waals surface area contributed by atoms with Crippen LogP contribution in [0.4, 0.5) is 5.69 Å². The van der Waals surface area contributed by atoms with Crippen LogP contribution in [0, 0.1) is 6.92 Å². The molecule has 1 aliphatic heterocycles. The van der Waals surface area contributed by atoms with Crippen molar-refractivity contribution < 1.29 is 9.53 Å². The molecule has 0 atom stereocenters. The molecule has 2 aromatic carbocycles. The Kier molecular flexibility index (Phi) is 5.18. The van der Waals surface area contributed by atoms with Crippen molar-refractivity contribution in [2.45, 2.75) is 13.3 Å². The van der Waals surface area contributed by atoms with E-state index in [1.165, 1.54) is 5.56 Å². The summed E-state index contributed by atoms with van der Waals surface area (Å²) < 4.78 is 5.38. The van der Waals surface area contributed by atoms with Gasteiger partial charge in [-0.1, -0.05) is 23.8 Å². The number of nitrogens with zero attached hydrogens (tertiary/aromatic N) is 2. The minimum atomic E-state index is -0.201. The fourth-order valence-corrected chi connectivity index (χ4v) is 3.36. The molecule has 140 valence electrons. The molecule has 6 heteroatoms. The van der Waals surface area contributed by atoms with Crippen LogP contribution < -0.4 is 5.32 Å². The van der Waals surface area contributed by atoms with E-state index >= 15 is 0 Å². The molecule has 0 bridgehead atoms. The monoisotopic (exact) mass is 364 g/mol. The Hall–Kier alpha value is -2.70. The first-order valence-electron chi connectivity index (χ1n) is 9.34. The van der Waals surface area contributed by atoms with Gasteiger partial charge >= 0.3 is 0 Å². The summed E-state index contributed by atoms with van der Waals surface area (Å²) in [5, 5.41) is 10.9. The van der Waals surface area contributed by atoms with Crippen LogP contribution in [0.2, 0.25) is 0 Å². The van der Waals surface area contributed by atoms with Gasteiger partial charge in [-0.25, -0.2) is 0 Å². The molecule has 1 aromatic heterocycles. The zero-order chi connectivity index (χ0) is 18.6. The third-order valence-corrected chi connectivity index (χ3v) is 4.97. The second-order valence-electron chi connectivity index (χ2n) is 6.98. The first-order chi connectivity index (χ1) is 13.2. The number of hydrogen-bond donors (Lipinski definition) is 2. The molecular formula is C21H24N4O2. The summed E-state index contributed by atoms with van der Waals surface area (Å²) >= 11 is 0. The third-order valence-electron chi connectivity index (χ3n) is 4.97. The topological polar surface area (TPSA) is 70.2 Å². The van der Waals surface area contributed by atoms with Gasteiger partial charge < -0.3 is 10.1 Å². The number of amides is 1. The van der Waals surface area contributed by atoms with Crippen LogP contribution >= 0.6 is 0 Å². The Balaban J connectivity index is 1.38. The van der Waals surface area contributed by atoms with Crippen LogP contribution in [-0.4, -0.2) is 53.9 Å². The Labute approximate surface area is 158 Å². The van der Waals surface area contributed by atoms with Crippen molar-refractivity contribution in [2.24, 2.45) is 0 Å². The Morgan fingerprint density at radius 2 is 1.96 bits per heavy atom. The van der Waals surface area contributed by atoms with Gasteiger partial charge in [0.2, 0.25) is 0 Å². The van der Waals surface area contributed by atoms with E-state index in [9.17, 15) is 4.79 Å². The molecule has 3 aromatic rings. The SMILES string of the molecule is Cc1ccc2[nH]nc(C(=O)Nc3ccc(CCN4CCOCC4)cc3)c2c1. The number of nitrogens with one attached hydrogen (secondary N) is 2. The van der Waals surface area contributed by atoms with Crippen LogP contribution in [0.1, 0.15) is 21.6 Å². The lowest BCUT2D eigenvalue weighted by Crippen LogP contribution is -2.37. The second kappa shape index (κ2) is 7.90. The minimum Gasteiger partial charge on any atom is -0.379 e. The smallest absolute Gasteiger partial charge is 0.276 e. The van der Waals surface area contributed by atoms with E-state index in [-0.39, 0.29) is 5.91 Å².